The van der Waals surface area contributed by atoms with E-state index in [9.17, 15) is 23.1 Å². The third-order valence-electron chi connectivity index (χ3n) is 3.52. The minimum absolute atomic E-state index is 0.169. The molecule has 0 aliphatic heterocycles. The zero-order valence-corrected chi connectivity index (χ0v) is 12.7. The van der Waals surface area contributed by atoms with Gasteiger partial charge in [0.15, 0.2) is 0 Å². The highest BCUT2D eigenvalue weighted by atomic mass is 19.4. The zero-order chi connectivity index (χ0) is 17.6. The first-order chi connectivity index (χ1) is 11.3. The number of urea groups is 1. The normalized spacial score (nSPS) is 13.8. The molecule has 1 atom stereocenters. The number of rotatable bonds is 5. The Balaban J connectivity index is 1.99. The van der Waals surface area contributed by atoms with Gasteiger partial charge in [-0.3, -0.25) is 0 Å². The standard InChI is InChI=1S/C17H17F3N2O2/c18-17(19,20)16(24,14-9-5-2-6-10-14)12-22-15(23)21-11-13-7-3-1-4-8-13/h1-10,24H,11-12H2,(H2,21,22,23)/t16-/m0/s1. The van der Waals surface area contributed by atoms with Gasteiger partial charge in [-0.05, 0) is 11.1 Å². The third-order valence-corrected chi connectivity index (χ3v) is 3.52. The second-order valence-corrected chi connectivity index (χ2v) is 5.25. The maximum absolute atomic E-state index is 13.3. The van der Waals surface area contributed by atoms with Crippen molar-refractivity contribution in [3.8, 4) is 0 Å². The highest BCUT2D eigenvalue weighted by Crippen LogP contribution is 2.38. The fourth-order valence-corrected chi connectivity index (χ4v) is 2.13. The smallest absolute Gasteiger partial charge is 0.375 e. The van der Waals surface area contributed by atoms with E-state index in [1.165, 1.54) is 12.1 Å². The van der Waals surface area contributed by atoms with Crippen molar-refractivity contribution in [2.24, 2.45) is 0 Å². The van der Waals surface area contributed by atoms with Crippen molar-refractivity contribution in [1.29, 1.82) is 0 Å². The van der Waals surface area contributed by atoms with Gasteiger partial charge >= 0.3 is 12.2 Å². The maximum Gasteiger partial charge on any atom is 0.423 e. The van der Waals surface area contributed by atoms with Crippen LogP contribution in [0.3, 0.4) is 0 Å². The topological polar surface area (TPSA) is 61.4 Å². The number of carbonyl (C=O) groups excluding carboxylic acids is 1. The average molecular weight is 338 g/mol. The summed E-state index contributed by atoms with van der Waals surface area (Å²) in [4.78, 5) is 11.7. The summed E-state index contributed by atoms with van der Waals surface area (Å²) in [5, 5.41) is 14.6. The number of hydrogen-bond donors (Lipinski definition) is 3. The number of amides is 2. The molecular formula is C17H17F3N2O2. The molecule has 0 bridgehead atoms. The minimum atomic E-state index is -4.93. The molecule has 0 aliphatic rings. The molecule has 24 heavy (non-hydrogen) atoms. The Morgan fingerprint density at radius 3 is 2.00 bits per heavy atom. The number of alkyl halides is 3. The fourth-order valence-electron chi connectivity index (χ4n) is 2.13. The van der Waals surface area contributed by atoms with Crippen molar-refractivity contribution in [3.63, 3.8) is 0 Å². The minimum Gasteiger partial charge on any atom is -0.375 e. The number of carbonyl (C=O) groups is 1. The molecular weight excluding hydrogens is 321 g/mol. The number of hydrogen-bond acceptors (Lipinski definition) is 2. The van der Waals surface area contributed by atoms with Crippen LogP contribution in [0.15, 0.2) is 60.7 Å². The molecule has 0 aromatic heterocycles. The molecule has 0 spiro atoms. The van der Waals surface area contributed by atoms with Crippen LogP contribution in [0.1, 0.15) is 11.1 Å². The van der Waals surface area contributed by atoms with E-state index in [0.29, 0.717) is 0 Å². The van der Waals surface area contributed by atoms with Gasteiger partial charge in [0.2, 0.25) is 5.60 Å². The molecule has 2 aromatic carbocycles. The molecule has 0 aliphatic carbocycles. The molecule has 0 radical (unpaired) electrons. The van der Waals surface area contributed by atoms with Gasteiger partial charge in [0.1, 0.15) is 0 Å². The second kappa shape index (κ2) is 7.35. The van der Waals surface area contributed by atoms with Crippen LogP contribution in [0.25, 0.3) is 0 Å². The molecule has 2 aromatic rings. The van der Waals surface area contributed by atoms with Crippen LogP contribution >= 0.6 is 0 Å². The Morgan fingerprint density at radius 2 is 1.46 bits per heavy atom. The molecule has 2 rings (SSSR count). The molecule has 128 valence electrons. The summed E-state index contributed by atoms with van der Waals surface area (Å²) in [6, 6.07) is 14.8. The van der Waals surface area contributed by atoms with E-state index in [4.69, 9.17) is 0 Å². The zero-order valence-electron chi connectivity index (χ0n) is 12.7. The summed E-state index contributed by atoms with van der Waals surface area (Å²) in [5.74, 6) is 0. The van der Waals surface area contributed by atoms with Gasteiger partial charge in [-0.1, -0.05) is 60.7 Å². The van der Waals surface area contributed by atoms with Crippen LogP contribution in [0.5, 0.6) is 0 Å². The molecule has 0 unspecified atom stereocenters. The lowest BCUT2D eigenvalue weighted by molar-refractivity contribution is -0.263. The fraction of sp³-hybridized carbons (Fsp3) is 0.235. The molecule has 4 nitrogen and oxygen atoms in total. The quantitative estimate of drug-likeness (QED) is 0.785. The van der Waals surface area contributed by atoms with Crippen LogP contribution in [-0.2, 0) is 12.1 Å². The van der Waals surface area contributed by atoms with Gasteiger partial charge in [-0.15, -0.1) is 0 Å². The number of nitrogens with one attached hydrogen (secondary N) is 2. The van der Waals surface area contributed by atoms with Gasteiger partial charge < -0.3 is 15.7 Å². The summed E-state index contributed by atoms with van der Waals surface area (Å²) in [6.07, 6.45) is -4.93. The summed E-state index contributed by atoms with van der Waals surface area (Å²) in [6.45, 7) is -0.816. The lowest BCUT2D eigenvalue weighted by Crippen LogP contribution is -2.52. The summed E-state index contributed by atoms with van der Waals surface area (Å²) in [5.41, 5.74) is -2.68. The highest BCUT2D eigenvalue weighted by Gasteiger charge is 2.55. The van der Waals surface area contributed by atoms with Gasteiger partial charge in [0.05, 0.1) is 6.54 Å². The molecule has 3 N–H and O–H groups in total. The van der Waals surface area contributed by atoms with E-state index in [-0.39, 0.29) is 12.1 Å². The van der Waals surface area contributed by atoms with Crippen LogP contribution < -0.4 is 10.6 Å². The number of aliphatic hydroxyl groups is 1. The first-order valence-electron chi connectivity index (χ1n) is 7.23. The molecule has 0 fully saturated rings. The Bertz CT molecular complexity index is 663. The van der Waals surface area contributed by atoms with Gasteiger partial charge in [-0.25, -0.2) is 4.79 Å². The molecule has 7 heteroatoms. The van der Waals surface area contributed by atoms with E-state index in [0.717, 1.165) is 17.7 Å². The van der Waals surface area contributed by atoms with Gasteiger partial charge in [0.25, 0.3) is 0 Å². The Kier molecular flexibility index (Phi) is 5.46. The van der Waals surface area contributed by atoms with E-state index in [1.807, 2.05) is 6.07 Å². The molecule has 2 amide bonds. The second-order valence-electron chi connectivity index (χ2n) is 5.25. The van der Waals surface area contributed by atoms with E-state index >= 15 is 0 Å². The first kappa shape index (κ1) is 17.8. The van der Waals surface area contributed by atoms with E-state index in [2.05, 4.69) is 10.6 Å². The predicted molar refractivity (Wildman–Crippen MR) is 83.1 cm³/mol. The van der Waals surface area contributed by atoms with E-state index < -0.39 is 24.4 Å². The number of benzene rings is 2. The van der Waals surface area contributed by atoms with E-state index in [1.54, 1.807) is 30.3 Å². The predicted octanol–water partition coefficient (Wildman–Crippen LogP) is 2.94. The van der Waals surface area contributed by atoms with Gasteiger partial charge in [0, 0.05) is 6.54 Å². The molecule has 0 heterocycles. The van der Waals surface area contributed by atoms with Gasteiger partial charge in [-0.2, -0.15) is 13.2 Å². The van der Waals surface area contributed by atoms with Crippen LogP contribution in [0, 0.1) is 0 Å². The summed E-state index contributed by atoms with van der Waals surface area (Å²) < 4.78 is 39.8. The highest BCUT2D eigenvalue weighted by molar-refractivity contribution is 5.74. The average Bonchev–Trinajstić information content (AvgIpc) is 2.58. The lowest BCUT2D eigenvalue weighted by Gasteiger charge is -2.31. The Labute approximate surface area is 137 Å². The monoisotopic (exact) mass is 338 g/mol. The van der Waals surface area contributed by atoms with Crippen molar-refractivity contribution < 1.29 is 23.1 Å². The van der Waals surface area contributed by atoms with Crippen molar-refractivity contribution in [2.45, 2.75) is 18.3 Å². The van der Waals surface area contributed by atoms with Crippen molar-refractivity contribution in [2.75, 3.05) is 6.54 Å². The van der Waals surface area contributed by atoms with Crippen molar-refractivity contribution in [1.82, 2.24) is 10.6 Å². The summed E-state index contributed by atoms with van der Waals surface area (Å²) in [7, 11) is 0. The molecule has 0 saturated heterocycles. The SMILES string of the molecule is O=C(NCc1ccccc1)NC[C@](O)(c1ccccc1)C(F)(F)F. The third kappa shape index (κ3) is 4.26. The Hall–Kier alpha value is -2.54. The first-order valence-corrected chi connectivity index (χ1v) is 7.23. The van der Waals surface area contributed by atoms with Crippen LogP contribution in [0.2, 0.25) is 0 Å². The Morgan fingerprint density at radius 1 is 0.917 bits per heavy atom. The summed E-state index contributed by atoms with van der Waals surface area (Å²) >= 11 is 0. The largest absolute Gasteiger partial charge is 0.423 e. The van der Waals surface area contributed by atoms with Crippen molar-refractivity contribution >= 4 is 6.03 Å². The van der Waals surface area contributed by atoms with Crippen LogP contribution in [-0.4, -0.2) is 23.9 Å². The lowest BCUT2D eigenvalue weighted by atomic mass is 9.93. The number of halogens is 3. The molecule has 0 saturated carbocycles. The van der Waals surface area contributed by atoms with Crippen LogP contribution in [0.4, 0.5) is 18.0 Å². The van der Waals surface area contributed by atoms with Crippen molar-refractivity contribution in [3.05, 3.63) is 71.8 Å². The maximum atomic E-state index is 13.3.